The molecule has 0 amide bonds. The van der Waals surface area contributed by atoms with E-state index in [-0.39, 0.29) is 12.2 Å². The first-order chi connectivity index (χ1) is 9.25. The van der Waals surface area contributed by atoms with Crippen LogP contribution in [0.3, 0.4) is 0 Å². The number of carbonyl (C=O) groups is 2. The Balaban J connectivity index is 3.00. The number of alkyl halides is 3. The van der Waals surface area contributed by atoms with Crippen LogP contribution in [-0.4, -0.2) is 23.5 Å². The van der Waals surface area contributed by atoms with E-state index in [0.29, 0.717) is 12.1 Å². The summed E-state index contributed by atoms with van der Waals surface area (Å²) in [5, 5.41) is 9.56. The van der Waals surface area contributed by atoms with Crippen molar-refractivity contribution in [2.24, 2.45) is 0 Å². The number of aliphatic hydroxyl groups is 1. The topological polar surface area (TPSA) is 63.6 Å². The van der Waals surface area contributed by atoms with E-state index in [1.165, 1.54) is 13.0 Å². The highest BCUT2D eigenvalue weighted by molar-refractivity contribution is 6.39. The van der Waals surface area contributed by atoms with Gasteiger partial charge < -0.3 is 9.84 Å². The van der Waals surface area contributed by atoms with Crippen molar-refractivity contribution in [3.05, 3.63) is 41.5 Å². The number of hydrogen-bond donors (Lipinski definition) is 1. The molecule has 1 aromatic rings. The van der Waals surface area contributed by atoms with Gasteiger partial charge in [0.05, 0.1) is 12.2 Å². The number of ketones is 1. The van der Waals surface area contributed by atoms with E-state index in [1.54, 1.807) is 0 Å². The first-order valence-corrected chi connectivity index (χ1v) is 5.55. The summed E-state index contributed by atoms with van der Waals surface area (Å²) < 4.78 is 41.8. The lowest BCUT2D eigenvalue weighted by atomic mass is 10.1. The van der Waals surface area contributed by atoms with Crippen LogP contribution < -0.4 is 0 Å². The van der Waals surface area contributed by atoms with Crippen molar-refractivity contribution < 1.29 is 32.6 Å². The lowest BCUT2D eigenvalue weighted by Gasteiger charge is -2.08. The van der Waals surface area contributed by atoms with Crippen LogP contribution in [-0.2, 0) is 20.5 Å². The number of halogens is 3. The Kier molecular flexibility index (Phi) is 4.90. The molecule has 4 nitrogen and oxygen atoms in total. The third-order valence-corrected chi connectivity index (χ3v) is 2.23. The minimum atomic E-state index is -4.57. The van der Waals surface area contributed by atoms with Crippen LogP contribution in [0.25, 0.3) is 5.76 Å². The molecule has 1 N–H and O–H groups in total. The Bertz CT molecular complexity index is 547. The molecule has 0 unspecified atom stereocenters. The molecule has 108 valence electrons. The Morgan fingerprint density at radius 1 is 1.35 bits per heavy atom. The lowest BCUT2D eigenvalue weighted by molar-refractivity contribution is -0.151. The van der Waals surface area contributed by atoms with Crippen LogP contribution >= 0.6 is 0 Å². The summed E-state index contributed by atoms with van der Waals surface area (Å²) in [6, 6.07) is 3.75. The Morgan fingerprint density at radius 2 is 2.00 bits per heavy atom. The van der Waals surface area contributed by atoms with E-state index in [1.807, 2.05) is 0 Å². The Labute approximate surface area is 112 Å². The van der Waals surface area contributed by atoms with Gasteiger partial charge in [-0.1, -0.05) is 12.1 Å². The molecule has 7 heteroatoms. The second-order valence-electron chi connectivity index (χ2n) is 3.69. The molecule has 1 rings (SSSR count). The number of hydrogen-bond acceptors (Lipinski definition) is 4. The molecule has 20 heavy (non-hydrogen) atoms. The molecule has 0 saturated carbocycles. The smallest absolute Gasteiger partial charge is 0.416 e. The van der Waals surface area contributed by atoms with Gasteiger partial charge in [0, 0.05) is 11.6 Å². The zero-order valence-corrected chi connectivity index (χ0v) is 10.4. The second kappa shape index (κ2) is 6.23. The minimum Gasteiger partial charge on any atom is -0.507 e. The molecule has 0 heterocycles. The molecule has 0 fully saturated rings. The molecule has 0 bridgehead atoms. The van der Waals surface area contributed by atoms with Crippen LogP contribution in [0.1, 0.15) is 18.1 Å². The lowest BCUT2D eigenvalue weighted by Crippen LogP contribution is -2.15. The van der Waals surface area contributed by atoms with Gasteiger partial charge in [-0.25, -0.2) is 4.79 Å². The molecular formula is C13H11F3O4. The van der Waals surface area contributed by atoms with E-state index >= 15 is 0 Å². The first kappa shape index (κ1) is 15.7. The zero-order valence-electron chi connectivity index (χ0n) is 10.4. The molecule has 0 aliphatic rings. The van der Waals surface area contributed by atoms with Crippen LogP contribution in [0.4, 0.5) is 13.2 Å². The van der Waals surface area contributed by atoms with Crippen molar-refractivity contribution in [1.82, 2.24) is 0 Å². The number of carbonyl (C=O) groups excluding carboxylic acids is 2. The van der Waals surface area contributed by atoms with Gasteiger partial charge in [-0.3, -0.25) is 4.79 Å². The zero-order chi connectivity index (χ0) is 15.3. The molecule has 0 atom stereocenters. The maximum atomic E-state index is 12.5. The standard InChI is InChI=1S/C13H11F3O4/c1-2-20-12(19)11(18)7-10(17)8-4-3-5-9(6-8)13(14,15)16/h3-7,17H,2H2,1H3/b10-7-. The van der Waals surface area contributed by atoms with Gasteiger partial charge in [-0.05, 0) is 19.1 Å². The Hall–Kier alpha value is -2.31. The average molecular weight is 288 g/mol. The van der Waals surface area contributed by atoms with Crippen molar-refractivity contribution in [3.63, 3.8) is 0 Å². The summed E-state index contributed by atoms with van der Waals surface area (Å²) in [6.45, 7) is 1.46. The van der Waals surface area contributed by atoms with E-state index < -0.39 is 29.3 Å². The van der Waals surface area contributed by atoms with Gasteiger partial charge in [-0.2, -0.15) is 13.2 Å². The van der Waals surface area contributed by atoms with Gasteiger partial charge in [0.2, 0.25) is 0 Å². The number of ether oxygens (including phenoxy) is 1. The SMILES string of the molecule is CCOC(=O)C(=O)/C=C(\O)c1cccc(C(F)(F)F)c1. The highest BCUT2D eigenvalue weighted by Crippen LogP contribution is 2.30. The molecule has 0 aliphatic carbocycles. The van der Waals surface area contributed by atoms with Crippen LogP contribution in [0.5, 0.6) is 0 Å². The molecule has 0 spiro atoms. The molecule has 0 saturated heterocycles. The molecule has 1 aromatic carbocycles. The van der Waals surface area contributed by atoms with Crippen LogP contribution in [0, 0.1) is 0 Å². The van der Waals surface area contributed by atoms with E-state index in [0.717, 1.165) is 12.1 Å². The maximum Gasteiger partial charge on any atom is 0.416 e. The highest BCUT2D eigenvalue weighted by Gasteiger charge is 2.30. The first-order valence-electron chi connectivity index (χ1n) is 5.55. The van der Waals surface area contributed by atoms with Crippen LogP contribution in [0.2, 0.25) is 0 Å². The fraction of sp³-hybridized carbons (Fsp3) is 0.231. The maximum absolute atomic E-state index is 12.5. The van der Waals surface area contributed by atoms with Gasteiger partial charge in [0.1, 0.15) is 5.76 Å². The van der Waals surface area contributed by atoms with Gasteiger partial charge in [0.15, 0.2) is 0 Å². The summed E-state index contributed by atoms with van der Waals surface area (Å²) in [5.74, 6) is -3.08. The van der Waals surface area contributed by atoms with Crippen molar-refractivity contribution in [2.75, 3.05) is 6.61 Å². The average Bonchev–Trinajstić information content (AvgIpc) is 2.38. The largest absolute Gasteiger partial charge is 0.507 e. The predicted molar refractivity (Wildman–Crippen MR) is 63.7 cm³/mol. The van der Waals surface area contributed by atoms with E-state index in [9.17, 15) is 27.9 Å². The summed E-state index contributed by atoms with van der Waals surface area (Å²) in [5.41, 5.74) is -1.20. The third-order valence-electron chi connectivity index (χ3n) is 2.23. The molecule has 0 aliphatic heterocycles. The van der Waals surface area contributed by atoms with E-state index in [2.05, 4.69) is 4.74 Å². The van der Waals surface area contributed by atoms with Crippen molar-refractivity contribution in [2.45, 2.75) is 13.1 Å². The third kappa shape index (κ3) is 4.11. The normalized spacial score (nSPS) is 12.1. The highest BCUT2D eigenvalue weighted by atomic mass is 19.4. The van der Waals surface area contributed by atoms with Crippen molar-refractivity contribution in [3.8, 4) is 0 Å². The summed E-state index contributed by atoms with van der Waals surface area (Å²) in [4.78, 5) is 22.3. The van der Waals surface area contributed by atoms with Gasteiger partial charge >= 0.3 is 12.1 Å². The second-order valence-corrected chi connectivity index (χ2v) is 3.69. The fourth-order valence-corrected chi connectivity index (χ4v) is 1.32. The summed E-state index contributed by atoms with van der Waals surface area (Å²) in [6.07, 6.45) is -4.05. The monoisotopic (exact) mass is 288 g/mol. The van der Waals surface area contributed by atoms with Gasteiger partial charge in [-0.15, -0.1) is 0 Å². The van der Waals surface area contributed by atoms with E-state index in [4.69, 9.17) is 0 Å². The quantitative estimate of drug-likeness (QED) is 0.400. The molecular weight excluding hydrogens is 277 g/mol. The molecule has 0 radical (unpaired) electrons. The predicted octanol–water partition coefficient (Wildman–Crippen LogP) is 2.74. The number of esters is 1. The molecule has 0 aromatic heterocycles. The minimum absolute atomic E-state index is 0.0251. The van der Waals surface area contributed by atoms with Crippen molar-refractivity contribution >= 4 is 17.5 Å². The summed E-state index contributed by atoms with van der Waals surface area (Å²) in [7, 11) is 0. The number of aliphatic hydroxyl groups excluding tert-OH is 1. The number of benzene rings is 1. The van der Waals surface area contributed by atoms with Crippen LogP contribution in [0.15, 0.2) is 30.3 Å². The fourth-order valence-electron chi connectivity index (χ4n) is 1.32. The number of rotatable bonds is 4. The van der Waals surface area contributed by atoms with Gasteiger partial charge in [0.25, 0.3) is 5.78 Å². The summed E-state index contributed by atoms with van der Waals surface area (Å²) >= 11 is 0. The Morgan fingerprint density at radius 3 is 2.55 bits per heavy atom. The van der Waals surface area contributed by atoms with Crippen molar-refractivity contribution in [1.29, 1.82) is 0 Å².